The molecule has 2 fully saturated rings. The zero-order valence-electron chi connectivity index (χ0n) is 22.8. The second-order valence-electron chi connectivity index (χ2n) is 10.4. The molecule has 2 saturated heterocycles. The molecule has 3 aromatic rings. The number of nitrogens with one attached hydrogen (secondary N) is 2. The van der Waals surface area contributed by atoms with E-state index < -0.39 is 23.2 Å². The van der Waals surface area contributed by atoms with E-state index in [9.17, 15) is 27.6 Å². The third-order valence-electron chi connectivity index (χ3n) is 7.66. The van der Waals surface area contributed by atoms with Gasteiger partial charge in [-0.05, 0) is 89.0 Å². The monoisotopic (exact) mass is 588 g/mol. The molecule has 2 aromatic heterocycles. The molecule has 0 radical (unpaired) electrons. The molecule has 218 valence electrons. The Morgan fingerprint density at radius 3 is 2.27 bits per heavy atom. The Hall–Kier alpha value is -3.71. The Morgan fingerprint density at radius 2 is 1.63 bits per heavy atom. The van der Waals surface area contributed by atoms with Crippen LogP contribution in [0.1, 0.15) is 68.8 Å². The van der Waals surface area contributed by atoms with Gasteiger partial charge in [0, 0.05) is 24.8 Å². The quantitative estimate of drug-likeness (QED) is 0.329. The first-order valence-electron chi connectivity index (χ1n) is 13.5. The highest BCUT2D eigenvalue weighted by Crippen LogP contribution is 2.29. The molecule has 0 aliphatic carbocycles. The molecule has 4 heterocycles. The Bertz CT molecular complexity index is 1510. The summed E-state index contributed by atoms with van der Waals surface area (Å²) in [5, 5.41) is 6.92. The molecular formula is C28H31F3N6O3S. The molecule has 2 aliphatic rings. The molecule has 0 spiro atoms. The van der Waals surface area contributed by atoms with Gasteiger partial charge in [-0.25, -0.2) is 10.1 Å². The Balaban J connectivity index is 1.22. The van der Waals surface area contributed by atoms with Crippen molar-refractivity contribution in [3.8, 4) is 5.69 Å². The van der Waals surface area contributed by atoms with Crippen molar-refractivity contribution in [2.45, 2.75) is 51.7 Å². The molecule has 9 nitrogen and oxygen atoms in total. The number of halogens is 3. The number of alkyl halides is 3. The molecular weight excluding hydrogens is 557 g/mol. The van der Waals surface area contributed by atoms with E-state index in [0.717, 1.165) is 54.1 Å². The Kier molecular flexibility index (Phi) is 8.18. The van der Waals surface area contributed by atoms with Crippen molar-refractivity contribution in [1.82, 2.24) is 25.0 Å². The van der Waals surface area contributed by atoms with Gasteiger partial charge in [-0.1, -0.05) is 0 Å². The summed E-state index contributed by atoms with van der Waals surface area (Å²) in [6.07, 6.45) is -0.0829. The van der Waals surface area contributed by atoms with E-state index in [2.05, 4.69) is 20.5 Å². The number of carbonyl (C=O) groups excluding carboxylic acids is 2. The summed E-state index contributed by atoms with van der Waals surface area (Å²) in [5.74, 6) is -0.599. The number of aromatic nitrogens is 2. The van der Waals surface area contributed by atoms with Crippen LogP contribution in [0.2, 0.25) is 0 Å². The van der Waals surface area contributed by atoms with E-state index in [1.54, 1.807) is 26.0 Å². The zero-order valence-corrected chi connectivity index (χ0v) is 23.6. The van der Waals surface area contributed by atoms with Crippen LogP contribution in [0, 0.1) is 6.92 Å². The average molecular weight is 589 g/mol. The SMILES string of the molecule is CC(=NNC(=O)c1ccc(C(=O)N2CCC(N3CCCC3)CC2)s1)c1c(C)[nH]n(-c2ccc(C(F)(F)F)cc2)c1=O. The largest absolute Gasteiger partial charge is 0.416 e. The molecule has 5 rings (SSSR count). The predicted molar refractivity (Wildman–Crippen MR) is 150 cm³/mol. The molecule has 0 bridgehead atoms. The van der Waals surface area contributed by atoms with E-state index in [1.165, 1.54) is 25.0 Å². The summed E-state index contributed by atoms with van der Waals surface area (Å²) in [6.45, 7) is 6.85. The van der Waals surface area contributed by atoms with Crippen LogP contribution in [0.4, 0.5) is 13.2 Å². The van der Waals surface area contributed by atoms with Crippen molar-refractivity contribution in [3.63, 3.8) is 0 Å². The minimum Gasteiger partial charge on any atom is -0.338 e. The van der Waals surface area contributed by atoms with Crippen LogP contribution in [0.3, 0.4) is 0 Å². The first-order valence-corrected chi connectivity index (χ1v) is 14.3. The van der Waals surface area contributed by atoms with E-state index in [0.29, 0.717) is 34.6 Å². The van der Waals surface area contributed by atoms with Crippen LogP contribution >= 0.6 is 11.3 Å². The number of aromatic amines is 1. The number of thiophene rings is 1. The highest BCUT2D eigenvalue weighted by molar-refractivity contribution is 7.15. The van der Waals surface area contributed by atoms with Crippen molar-refractivity contribution in [3.05, 3.63) is 73.3 Å². The highest BCUT2D eigenvalue weighted by atomic mass is 32.1. The fourth-order valence-electron chi connectivity index (χ4n) is 5.47. The minimum atomic E-state index is -4.48. The summed E-state index contributed by atoms with van der Waals surface area (Å²) in [4.78, 5) is 44.0. The number of amides is 2. The molecule has 13 heteroatoms. The van der Waals surface area contributed by atoms with Gasteiger partial charge in [0.2, 0.25) is 0 Å². The first-order chi connectivity index (χ1) is 19.5. The predicted octanol–water partition coefficient (Wildman–Crippen LogP) is 4.41. The number of hydrogen-bond donors (Lipinski definition) is 2. The summed E-state index contributed by atoms with van der Waals surface area (Å²) in [7, 11) is 0. The first kappa shape index (κ1) is 28.8. The number of aryl methyl sites for hydroxylation is 1. The van der Waals surface area contributed by atoms with Crippen molar-refractivity contribution in [2.24, 2.45) is 5.10 Å². The molecule has 2 aliphatic heterocycles. The van der Waals surface area contributed by atoms with Gasteiger partial charge in [-0.2, -0.15) is 18.3 Å². The number of likely N-dealkylation sites (tertiary alicyclic amines) is 2. The van der Waals surface area contributed by atoms with Crippen LogP contribution in [0.5, 0.6) is 0 Å². The number of rotatable bonds is 6. The van der Waals surface area contributed by atoms with Crippen LogP contribution in [-0.4, -0.2) is 69.3 Å². The lowest BCUT2D eigenvalue weighted by atomic mass is 10.0. The molecule has 2 N–H and O–H groups in total. The van der Waals surface area contributed by atoms with Gasteiger partial charge in [-0.3, -0.25) is 19.5 Å². The molecule has 0 unspecified atom stereocenters. The van der Waals surface area contributed by atoms with E-state index in [4.69, 9.17) is 0 Å². The van der Waals surface area contributed by atoms with Gasteiger partial charge in [0.05, 0.1) is 32.3 Å². The summed E-state index contributed by atoms with van der Waals surface area (Å²) >= 11 is 1.09. The lowest BCUT2D eigenvalue weighted by Gasteiger charge is -2.36. The minimum absolute atomic E-state index is 0.0830. The molecule has 0 atom stereocenters. The second kappa shape index (κ2) is 11.6. The van der Waals surface area contributed by atoms with Crippen LogP contribution in [-0.2, 0) is 6.18 Å². The van der Waals surface area contributed by atoms with Crippen LogP contribution < -0.4 is 11.0 Å². The van der Waals surface area contributed by atoms with Crippen molar-refractivity contribution in [1.29, 1.82) is 0 Å². The van der Waals surface area contributed by atoms with Crippen LogP contribution in [0.15, 0.2) is 46.3 Å². The third kappa shape index (κ3) is 6.15. The van der Waals surface area contributed by atoms with Gasteiger partial charge in [-0.15, -0.1) is 11.3 Å². The number of hydrogen-bond acceptors (Lipinski definition) is 6. The van der Waals surface area contributed by atoms with Gasteiger partial charge < -0.3 is 9.80 Å². The molecule has 41 heavy (non-hydrogen) atoms. The maximum atomic E-state index is 13.0. The lowest BCUT2D eigenvalue weighted by Crippen LogP contribution is -2.45. The Labute approximate surface area is 238 Å². The number of piperidine rings is 1. The van der Waals surface area contributed by atoms with E-state index in [-0.39, 0.29) is 22.9 Å². The van der Waals surface area contributed by atoms with Crippen molar-refractivity contribution in [2.75, 3.05) is 26.2 Å². The van der Waals surface area contributed by atoms with Gasteiger partial charge in [0.25, 0.3) is 17.4 Å². The van der Waals surface area contributed by atoms with Crippen molar-refractivity contribution >= 4 is 28.9 Å². The van der Waals surface area contributed by atoms with E-state index >= 15 is 0 Å². The Morgan fingerprint density at radius 1 is 1.00 bits per heavy atom. The fraction of sp³-hybridized carbons (Fsp3) is 0.429. The summed E-state index contributed by atoms with van der Waals surface area (Å²) in [6, 6.07) is 7.95. The van der Waals surface area contributed by atoms with Crippen molar-refractivity contribution < 1.29 is 22.8 Å². The number of benzene rings is 1. The normalized spacial score (nSPS) is 17.3. The highest BCUT2D eigenvalue weighted by Gasteiger charge is 2.31. The number of hydrazone groups is 1. The third-order valence-corrected chi connectivity index (χ3v) is 8.73. The summed E-state index contributed by atoms with van der Waals surface area (Å²) in [5.41, 5.74) is 2.16. The molecule has 1 aromatic carbocycles. The van der Waals surface area contributed by atoms with Crippen LogP contribution in [0.25, 0.3) is 5.69 Å². The summed E-state index contributed by atoms with van der Waals surface area (Å²) < 4.78 is 39.8. The number of carbonyl (C=O) groups is 2. The topological polar surface area (TPSA) is 103 Å². The lowest BCUT2D eigenvalue weighted by molar-refractivity contribution is -0.137. The zero-order chi connectivity index (χ0) is 29.3. The maximum Gasteiger partial charge on any atom is 0.416 e. The number of H-pyrrole nitrogens is 1. The standard InChI is InChI=1S/C28H31F3N6O3S/c1-17(24-18(2)34-37(27(24)40)21-7-5-19(6-8-21)28(29,30)31)32-33-25(38)22-9-10-23(41-22)26(39)36-15-11-20(12-16-36)35-13-3-4-14-35/h5-10,20,34H,3-4,11-16H2,1-2H3,(H,33,38). The smallest absolute Gasteiger partial charge is 0.338 e. The molecule has 2 amide bonds. The van der Waals surface area contributed by atoms with Gasteiger partial charge in [0.15, 0.2) is 0 Å². The molecule has 0 saturated carbocycles. The second-order valence-corrected chi connectivity index (χ2v) is 11.4. The maximum absolute atomic E-state index is 13.0. The van der Waals surface area contributed by atoms with Gasteiger partial charge >= 0.3 is 6.18 Å². The van der Waals surface area contributed by atoms with E-state index in [1.807, 2.05) is 4.90 Å². The fourth-order valence-corrected chi connectivity index (χ4v) is 6.33. The van der Waals surface area contributed by atoms with Gasteiger partial charge in [0.1, 0.15) is 0 Å². The average Bonchev–Trinajstić information content (AvgIpc) is 3.72. The number of nitrogens with zero attached hydrogens (tertiary/aromatic N) is 4.